The minimum atomic E-state index is -4.46. The molecule has 134 valence electrons. The normalized spacial score (nSPS) is 13.7. The molecule has 0 radical (unpaired) electrons. The van der Waals surface area contributed by atoms with Crippen molar-refractivity contribution in [1.82, 2.24) is 14.6 Å². The highest BCUT2D eigenvalue weighted by molar-refractivity contribution is 7.99. The Balaban J connectivity index is 1.53. The maximum atomic E-state index is 12.9. The van der Waals surface area contributed by atoms with Crippen molar-refractivity contribution in [3.05, 3.63) is 53.2 Å². The van der Waals surface area contributed by atoms with Crippen molar-refractivity contribution >= 4 is 23.2 Å². The van der Waals surface area contributed by atoms with Crippen LogP contribution in [0, 0.1) is 0 Å². The molecule has 0 amide bonds. The van der Waals surface area contributed by atoms with Crippen LogP contribution in [0.4, 0.5) is 13.2 Å². The minimum Gasteiger partial charge on any atom is -0.493 e. The van der Waals surface area contributed by atoms with Crippen LogP contribution in [0.2, 0.25) is 0 Å². The first-order valence-corrected chi connectivity index (χ1v) is 8.74. The van der Waals surface area contributed by atoms with Gasteiger partial charge in [-0.1, -0.05) is 11.8 Å². The van der Waals surface area contributed by atoms with Crippen molar-refractivity contribution < 1.29 is 22.7 Å². The van der Waals surface area contributed by atoms with Gasteiger partial charge in [0, 0.05) is 18.2 Å². The molecule has 1 aliphatic heterocycles. The highest BCUT2D eigenvalue weighted by Gasteiger charge is 2.31. The second-order valence-electron chi connectivity index (χ2n) is 5.76. The molecule has 2 aromatic heterocycles. The van der Waals surface area contributed by atoms with E-state index in [4.69, 9.17) is 4.74 Å². The third-order valence-electron chi connectivity index (χ3n) is 4.04. The van der Waals surface area contributed by atoms with Crippen molar-refractivity contribution in [2.75, 3.05) is 12.4 Å². The predicted molar refractivity (Wildman–Crippen MR) is 88.7 cm³/mol. The van der Waals surface area contributed by atoms with E-state index in [-0.39, 0.29) is 16.7 Å². The number of hydrogen-bond acceptors (Lipinski definition) is 5. The topological polar surface area (TPSA) is 56.5 Å². The van der Waals surface area contributed by atoms with E-state index >= 15 is 0 Å². The molecule has 0 unspecified atom stereocenters. The molecule has 0 bridgehead atoms. The van der Waals surface area contributed by atoms with Crippen LogP contribution >= 0.6 is 11.8 Å². The van der Waals surface area contributed by atoms with Crippen LogP contribution in [0.5, 0.6) is 5.75 Å². The number of fused-ring (bicyclic) bond motifs is 2. The maximum absolute atomic E-state index is 12.9. The first-order valence-electron chi connectivity index (χ1n) is 7.75. The zero-order chi connectivity index (χ0) is 18.3. The molecular weight excluding hydrogens is 367 g/mol. The monoisotopic (exact) mass is 379 g/mol. The number of carbonyl (C=O) groups excluding carboxylic acids is 1. The third-order valence-corrected chi connectivity index (χ3v) is 4.99. The summed E-state index contributed by atoms with van der Waals surface area (Å²) in [4.78, 5) is 12.4. The summed E-state index contributed by atoms with van der Waals surface area (Å²) >= 11 is 1.05. The Kier molecular flexibility index (Phi) is 4.10. The van der Waals surface area contributed by atoms with Crippen LogP contribution < -0.4 is 4.74 Å². The molecule has 5 nitrogen and oxygen atoms in total. The summed E-state index contributed by atoms with van der Waals surface area (Å²) in [5, 5.41) is 7.95. The Labute approximate surface area is 150 Å². The zero-order valence-electron chi connectivity index (χ0n) is 13.3. The lowest BCUT2D eigenvalue weighted by Crippen LogP contribution is -2.07. The number of benzene rings is 1. The van der Waals surface area contributed by atoms with E-state index < -0.39 is 11.7 Å². The van der Waals surface area contributed by atoms with E-state index in [9.17, 15) is 18.0 Å². The number of nitrogens with zero attached hydrogens (tertiary/aromatic N) is 3. The maximum Gasteiger partial charge on any atom is 0.417 e. The molecule has 3 aromatic rings. The number of Topliss-reactive ketones (excluding diaryl/α,β-unsaturated/α-hetero) is 1. The molecule has 1 aromatic carbocycles. The van der Waals surface area contributed by atoms with E-state index in [2.05, 4.69) is 10.2 Å². The Morgan fingerprint density at radius 2 is 2.08 bits per heavy atom. The van der Waals surface area contributed by atoms with Crippen LogP contribution in [-0.4, -0.2) is 32.7 Å². The lowest BCUT2D eigenvalue weighted by Gasteiger charge is -2.07. The van der Waals surface area contributed by atoms with Crippen molar-refractivity contribution in [2.45, 2.75) is 17.8 Å². The lowest BCUT2D eigenvalue weighted by atomic mass is 10.1. The van der Waals surface area contributed by atoms with Crippen LogP contribution in [-0.2, 0) is 12.6 Å². The second kappa shape index (κ2) is 6.31. The van der Waals surface area contributed by atoms with Crippen LogP contribution in [0.15, 0.2) is 41.7 Å². The van der Waals surface area contributed by atoms with Gasteiger partial charge in [0.15, 0.2) is 16.6 Å². The molecule has 0 atom stereocenters. The number of ether oxygens (including phenoxy) is 1. The Bertz CT molecular complexity index is 1000. The van der Waals surface area contributed by atoms with Gasteiger partial charge in [0.2, 0.25) is 0 Å². The van der Waals surface area contributed by atoms with E-state index in [0.717, 1.165) is 41.8 Å². The average Bonchev–Trinajstić information content (AvgIpc) is 3.24. The lowest BCUT2D eigenvalue weighted by molar-refractivity contribution is -0.137. The van der Waals surface area contributed by atoms with Gasteiger partial charge in [-0.15, -0.1) is 10.2 Å². The van der Waals surface area contributed by atoms with Crippen LogP contribution in [0.3, 0.4) is 0 Å². The van der Waals surface area contributed by atoms with Gasteiger partial charge in [-0.25, -0.2) is 0 Å². The van der Waals surface area contributed by atoms with Gasteiger partial charge in [0.1, 0.15) is 5.75 Å². The van der Waals surface area contributed by atoms with Gasteiger partial charge in [-0.3, -0.25) is 9.20 Å². The summed E-state index contributed by atoms with van der Waals surface area (Å²) < 4.78 is 45.3. The first kappa shape index (κ1) is 16.9. The quantitative estimate of drug-likeness (QED) is 0.512. The summed E-state index contributed by atoms with van der Waals surface area (Å²) in [6, 6.07) is 7.46. The van der Waals surface area contributed by atoms with Gasteiger partial charge in [-0.2, -0.15) is 13.2 Å². The van der Waals surface area contributed by atoms with Gasteiger partial charge < -0.3 is 4.74 Å². The van der Waals surface area contributed by atoms with Gasteiger partial charge >= 0.3 is 6.18 Å². The number of alkyl halides is 3. The molecule has 26 heavy (non-hydrogen) atoms. The fraction of sp³-hybridized carbons (Fsp3) is 0.235. The van der Waals surface area contributed by atoms with Gasteiger partial charge in [0.25, 0.3) is 0 Å². The molecule has 0 N–H and O–H groups in total. The van der Waals surface area contributed by atoms with Crippen molar-refractivity contribution in [3.8, 4) is 5.75 Å². The molecule has 3 heterocycles. The number of pyridine rings is 1. The molecule has 0 spiro atoms. The highest BCUT2D eigenvalue weighted by atomic mass is 32.2. The fourth-order valence-corrected chi connectivity index (χ4v) is 3.52. The van der Waals surface area contributed by atoms with Gasteiger partial charge in [-0.05, 0) is 35.9 Å². The largest absolute Gasteiger partial charge is 0.493 e. The Hall–Kier alpha value is -2.55. The van der Waals surface area contributed by atoms with E-state index in [1.54, 1.807) is 18.2 Å². The number of hydrogen-bond donors (Lipinski definition) is 0. The zero-order valence-corrected chi connectivity index (χ0v) is 14.1. The molecule has 1 aliphatic rings. The third kappa shape index (κ3) is 3.14. The molecule has 0 aliphatic carbocycles. The molecule has 0 saturated heterocycles. The first-order chi connectivity index (χ1) is 12.4. The molecule has 9 heteroatoms. The van der Waals surface area contributed by atoms with Gasteiger partial charge in [0.05, 0.1) is 17.9 Å². The van der Waals surface area contributed by atoms with Crippen molar-refractivity contribution in [3.63, 3.8) is 0 Å². The Morgan fingerprint density at radius 1 is 1.23 bits per heavy atom. The van der Waals surface area contributed by atoms with E-state index in [1.165, 1.54) is 10.5 Å². The van der Waals surface area contributed by atoms with Crippen LogP contribution in [0.25, 0.3) is 5.65 Å². The number of carbonyl (C=O) groups is 1. The summed E-state index contributed by atoms with van der Waals surface area (Å²) in [5.74, 6) is 0.710. The van der Waals surface area contributed by atoms with Crippen molar-refractivity contribution in [2.24, 2.45) is 0 Å². The number of halogens is 3. The number of aromatic nitrogens is 3. The number of rotatable bonds is 4. The summed E-state index contributed by atoms with van der Waals surface area (Å²) in [6.07, 6.45) is -2.75. The highest BCUT2D eigenvalue weighted by Crippen LogP contribution is 2.30. The molecule has 4 rings (SSSR count). The molecule has 0 fully saturated rings. The average molecular weight is 379 g/mol. The SMILES string of the molecule is O=C(CSc1nnc2ccc(C(F)(F)F)cn12)c1ccc2c(c1)CCO2. The summed E-state index contributed by atoms with van der Waals surface area (Å²) in [7, 11) is 0. The van der Waals surface area contributed by atoms with Crippen LogP contribution in [0.1, 0.15) is 21.5 Å². The predicted octanol–water partition coefficient (Wildman–Crippen LogP) is 3.66. The summed E-state index contributed by atoms with van der Waals surface area (Å²) in [6.45, 7) is 0.606. The minimum absolute atomic E-state index is 0.0523. The number of thioether (sulfide) groups is 1. The standard InChI is InChI=1S/C17H12F3N3O2S/c18-17(19,20)12-2-4-15-21-22-16(23(15)8-12)26-9-13(24)10-1-3-14-11(7-10)5-6-25-14/h1-4,7-8H,5-6,9H2. The fourth-order valence-electron chi connectivity index (χ4n) is 2.71. The molecular formula is C17H12F3N3O2S. The molecule has 0 saturated carbocycles. The van der Waals surface area contributed by atoms with E-state index in [0.29, 0.717) is 17.8 Å². The smallest absolute Gasteiger partial charge is 0.417 e. The number of ketones is 1. The summed E-state index contributed by atoms with van der Waals surface area (Å²) in [5.41, 5.74) is 1.04. The van der Waals surface area contributed by atoms with E-state index in [1.807, 2.05) is 0 Å². The second-order valence-corrected chi connectivity index (χ2v) is 6.70. The Morgan fingerprint density at radius 3 is 2.88 bits per heavy atom. The van der Waals surface area contributed by atoms with Crippen molar-refractivity contribution in [1.29, 1.82) is 0 Å².